The Hall–Kier alpha value is -2.57. The zero-order valence-corrected chi connectivity index (χ0v) is 16.6. The quantitative estimate of drug-likeness (QED) is 0.572. The molecule has 0 heterocycles. The molecule has 1 aromatic rings. The number of amides is 3. The maximum absolute atomic E-state index is 12.6. The molecule has 1 rings (SSSR count). The summed E-state index contributed by atoms with van der Waals surface area (Å²) in [5.74, 6) is -1.34. The van der Waals surface area contributed by atoms with Crippen LogP contribution in [0.25, 0.3) is 0 Å². The predicted molar refractivity (Wildman–Crippen MR) is 104 cm³/mol. The molecule has 7 nitrogen and oxygen atoms in total. The van der Waals surface area contributed by atoms with Gasteiger partial charge in [0.15, 0.2) is 0 Å². The molecule has 0 aliphatic rings. The largest absolute Gasteiger partial charge is 0.497 e. The van der Waals surface area contributed by atoms with Crippen LogP contribution in [-0.2, 0) is 20.8 Å². The molecule has 0 radical (unpaired) electrons. The zero-order chi connectivity index (χ0) is 20.6. The molecule has 27 heavy (non-hydrogen) atoms. The molecule has 7 heteroatoms. The molecule has 0 fully saturated rings. The number of carbonyl (C=O) groups is 3. The maximum Gasteiger partial charge on any atom is 0.240 e. The van der Waals surface area contributed by atoms with Gasteiger partial charge in [0.05, 0.1) is 7.11 Å². The maximum atomic E-state index is 12.6. The van der Waals surface area contributed by atoms with Gasteiger partial charge in [0.2, 0.25) is 17.7 Å². The van der Waals surface area contributed by atoms with Crippen LogP contribution in [-0.4, -0.2) is 30.9 Å². The van der Waals surface area contributed by atoms with E-state index in [9.17, 15) is 14.4 Å². The van der Waals surface area contributed by atoms with Crippen LogP contribution in [0, 0.1) is 11.3 Å². The number of hydrogen-bond donors (Lipinski definition) is 3. The number of methoxy groups -OCH3 is 1. The third-order valence-electron chi connectivity index (χ3n) is 4.43. The van der Waals surface area contributed by atoms with Crippen molar-refractivity contribution in [3.05, 3.63) is 29.8 Å². The lowest BCUT2D eigenvalue weighted by Crippen LogP contribution is -2.53. The SMILES string of the molecule is COc1ccc(CCC[C@H](CC(N)=O)C(=O)N[C@H](C(N)=O)C(C)(C)C)cc1. The molecule has 1 aromatic carbocycles. The van der Waals surface area contributed by atoms with Crippen molar-refractivity contribution in [2.24, 2.45) is 22.8 Å². The van der Waals surface area contributed by atoms with Gasteiger partial charge in [-0.3, -0.25) is 14.4 Å². The number of hydrogen-bond acceptors (Lipinski definition) is 4. The number of nitrogens with one attached hydrogen (secondary N) is 1. The lowest BCUT2D eigenvalue weighted by molar-refractivity contribution is -0.133. The fraction of sp³-hybridized carbons (Fsp3) is 0.550. The minimum atomic E-state index is -0.818. The first-order chi connectivity index (χ1) is 12.5. The smallest absolute Gasteiger partial charge is 0.240 e. The van der Waals surface area contributed by atoms with Gasteiger partial charge in [-0.15, -0.1) is 0 Å². The molecule has 3 amide bonds. The van der Waals surface area contributed by atoms with Crippen LogP contribution < -0.4 is 21.5 Å². The van der Waals surface area contributed by atoms with Crippen molar-refractivity contribution in [3.8, 4) is 5.75 Å². The van der Waals surface area contributed by atoms with E-state index in [1.54, 1.807) is 7.11 Å². The van der Waals surface area contributed by atoms with Crippen LogP contribution in [0.5, 0.6) is 5.75 Å². The third kappa shape index (κ3) is 7.68. The van der Waals surface area contributed by atoms with Gasteiger partial charge in [0.1, 0.15) is 11.8 Å². The molecule has 0 saturated carbocycles. The van der Waals surface area contributed by atoms with Gasteiger partial charge in [-0.1, -0.05) is 32.9 Å². The van der Waals surface area contributed by atoms with Crippen LogP contribution >= 0.6 is 0 Å². The summed E-state index contributed by atoms with van der Waals surface area (Å²) in [5.41, 5.74) is 11.3. The Bertz CT molecular complexity index is 650. The van der Waals surface area contributed by atoms with E-state index in [0.29, 0.717) is 12.8 Å². The Kier molecular flexibility index (Phi) is 8.28. The van der Waals surface area contributed by atoms with Gasteiger partial charge in [-0.25, -0.2) is 0 Å². The topological polar surface area (TPSA) is 125 Å². The average Bonchev–Trinajstić information content (AvgIpc) is 2.57. The lowest BCUT2D eigenvalue weighted by Gasteiger charge is -2.30. The molecular weight excluding hydrogens is 346 g/mol. The van der Waals surface area contributed by atoms with E-state index < -0.39 is 29.2 Å². The summed E-state index contributed by atoms with van der Waals surface area (Å²) >= 11 is 0. The molecule has 5 N–H and O–H groups in total. The van der Waals surface area contributed by atoms with Crippen LogP contribution in [0.4, 0.5) is 0 Å². The van der Waals surface area contributed by atoms with Gasteiger partial charge in [-0.2, -0.15) is 0 Å². The standard InChI is InChI=1S/C20H31N3O4/c1-20(2,3)17(18(22)25)23-19(26)14(12-16(21)24)7-5-6-13-8-10-15(27-4)11-9-13/h8-11,14,17H,5-7,12H2,1-4H3,(H2,21,24)(H2,22,25)(H,23,26)/t14-,17-/m1/s1. The van der Waals surface area contributed by atoms with E-state index in [1.807, 2.05) is 45.0 Å². The Labute approximate surface area is 160 Å². The highest BCUT2D eigenvalue weighted by atomic mass is 16.5. The molecule has 2 atom stereocenters. The minimum Gasteiger partial charge on any atom is -0.497 e. The van der Waals surface area contributed by atoms with Crippen LogP contribution in [0.1, 0.15) is 45.6 Å². The van der Waals surface area contributed by atoms with Crippen molar-refractivity contribution < 1.29 is 19.1 Å². The van der Waals surface area contributed by atoms with Crippen LogP contribution in [0.2, 0.25) is 0 Å². The summed E-state index contributed by atoms with van der Waals surface area (Å²) < 4.78 is 5.13. The van der Waals surface area contributed by atoms with Gasteiger partial charge in [-0.05, 0) is 42.4 Å². The van der Waals surface area contributed by atoms with Crippen molar-refractivity contribution >= 4 is 17.7 Å². The summed E-state index contributed by atoms with van der Waals surface area (Å²) in [6.07, 6.45) is 1.88. The number of benzene rings is 1. The lowest BCUT2D eigenvalue weighted by atomic mass is 9.85. The Morgan fingerprint density at radius 3 is 2.15 bits per heavy atom. The Balaban J connectivity index is 2.71. The fourth-order valence-corrected chi connectivity index (χ4v) is 2.89. The fourth-order valence-electron chi connectivity index (χ4n) is 2.89. The zero-order valence-electron chi connectivity index (χ0n) is 16.6. The first-order valence-electron chi connectivity index (χ1n) is 9.05. The second-order valence-corrected chi connectivity index (χ2v) is 7.82. The molecule has 0 spiro atoms. The molecule has 0 saturated heterocycles. The summed E-state index contributed by atoms with van der Waals surface area (Å²) in [5, 5.41) is 2.69. The highest BCUT2D eigenvalue weighted by Gasteiger charge is 2.33. The van der Waals surface area contributed by atoms with Crippen molar-refractivity contribution in [2.75, 3.05) is 7.11 Å². The van der Waals surface area contributed by atoms with E-state index in [0.717, 1.165) is 17.7 Å². The molecule has 0 aromatic heterocycles. The van der Waals surface area contributed by atoms with Gasteiger partial charge in [0.25, 0.3) is 0 Å². The van der Waals surface area contributed by atoms with E-state index in [4.69, 9.17) is 16.2 Å². The van der Waals surface area contributed by atoms with Crippen molar-refractivity contribution in [1.29, 1.82) is 0 Å². The monoisotopic (exact) mass is 377 g/mol. The van der Waals surface area contributed by atoms with Crippen LogP contribution in [0.15, 0.2) is 24.3 Å². The molecule has 150 valence electrons. The normalized spacial score (nSPS) is 13.5. The van der Waals surface area contributed by atoms with E-state index in [-0.39, 0.29) is 12.3 Å². The predicted octanol–water partition coefficient (Wildman–Crippen LogP) is 1.53. The number of rotatable bonds is 10. The highest BCUT2D eigenvalue weighted by molar-refractivity contribution is 5.90. The molecule has 0 aliphatic heterocycles. The highest BCUT2D eigenvalue weighted by Crippen LogP contribution is 2.21. The molecule has 0 bridgehead atoms. The molecule has 0 unspecified atom stereocenters. The first kappa shape index (κ1) is 22.5. The van der Waals surface area contributed by atoms with Gasteiger partial charge in [0, 0.05) is 12.3 Å². The van der Waals surface area contributed by atoms with E-state index in [1.165, 1.54) is 0 Å². The van der Waals surface area contributed by atoms with Crippen molar-refractivity contribution in [3.63, 3.8) is 0 Å². The molecule has 0 aliphatic carbocycles. The number of aryl methyl sites for hydroxylation is 1. The van der Waals surface area contributed by atoms with Crippen molar-refractivity contribution in [2.45, 2.75) is 52.5 Å². The summed E-state index contributed by atoms with van der Waals surface area (Å²) in [4.78, 5) is 35.7. The Morgan fingerprint density at radius 1 is 1.11 bits per heavy atom. The summed E-state index contributed by atoms with van der Waals surface area (Å²) in [7, 11) is 1.61. The Morgan fingerprint density at radius 2 is 1.70 bits per heavy atom. The third-order valence-corrected chi connectivity index (χ3v) is 4.43. The summed E-state index contributed by atoms with van der Waals surface area (Å²) in [6.45, 7) is 5.44. The number of nitrogens with two attached hydrogens (primary N) is 2. The number of primary amides is 2. The molecular formula is C20H31N3O4. The minimum absolute atomic E-state index is 0.0654. The van der Waals surface area contributed by atoms with Gasteiger partial charge >= 0.3 is 0 Å². The number of carbonyl (C=O) groups excluding carboxylic acids is 3. The second-order valence-electron chi connectivity index (χ2n) is 7.82. The van der Waals surface area contributed by atoms with E-state index >= 15 is 0 Å². The first-order valence-corrected chi connectivity index (χ1v) is 9.05. The average molecular weight is 377 g/mol. The van der Waals surface area contributed by atoms with E-state index in [2.05, 4.69) is 5.32 Å². The van der Waals surface area contributed by atoms with Crippen molar-refractivity contribution in [1.82, 2.24) is 5.32 Å². The van der Waals surface area contributed by atoms with Crippen LogP contribution in [0.3, 0.4) is 0 Å². The summed E-state index contributed by atoms with van der Waals surface area (Å²) in [6, 6.07) is 6.87. The second kappa shape index (κ2) is 9.94. The number of ether oxygens (including phenoxy) is 1. The van der Waals surface area contributed by atoms with Gasteiger partial charge < -0.3 is 21.5 Å².